The molecule has 0 aromatic heterocycles. The first-order valence-electron chi connectivity index (χ1n) is 5.51. The monoisotopic (exact) mass is 263 g/mol. The fraction of sp³-hybridized carbons (Fsp3) is 0.818. The van der Waals surface area contributed by atoms with E-state index >= 15 is 0 Å². The van der Waals surface area contributed by atoms with Gasteiger partial charge in [-0.05, 0) is 20.8 Å². The Balaban J connectivity index is 3.58. The van der Waals surface area contributed by atoms with Gasteiger partial charge in [-0.3, -0.25) is 4.79 Å². The van der Waals surface area contributed by atoms with Gasteiger partial charge in [0.05, 0.1) is 6.42 Å². The van der Waals surface area contributed by atoms with Crippen LogP contribution in [0.15, 0.2) is 0 Å². The highest BCUT2D eigenvalue weighted by Gasteiger charge is 2.15. The molecular formula is C11H21NO4S. The van der Waals surface area contributed by atoms with Crippen molar-refractivity contribution in [3.63, 3.8) is 0 Å². The van der Waals surface area contributed by atoms with E-state index < -0.39 is 17.7 Å². The van der Waals surface area contributed by atoms with E-state index in [2.05, 4.69) is 5.32 Å². The summed E-state index contributed by atoms with van der Waals surface area (Å²) in [6.07, 6.45) is -0.305. The molecule has 100 valence electrons. The van der Waals surface area contributed by atoms with Gasteiger partial charge in [-0.2, -0.15) is 11.8 Å². The van der Waals surface area contributed by atoms with Crippen molar-refractivity contribution in [3.05, 3.63) is 0 Å². The minimum atomic E-state index is -0.801. The van der Waals surface area contributed by atoms with Crippen molar-refractivity contribution >= 4 is 23.8 Å². The zero-order valence-corrected chi connectivity index (χ0v) is 11.6. The highest BCUT2D eigenvalue weighted by atomic mass is 32.2. The predicted molar refractivity (Wildman–Crippen MR) is 68.4 cm³/mol. The van der Waals surface area contributed by atoms with E-state index in [0.717, 1.165) is 0 Å². The topological polar surface area (TPSA) is 75.6 Å². The largest absolute Gasteiger partial charge is 0.481 e. The van der Waals surface area contributed by atoms with Crippen molar-refractivity contribution in [2.75, 3.05) is 12.3 Å². The van der Waals surface area contributed by atoms with Crippen LogP contribution in [0.4, 0.5) is 4.79 Å². The Morgan fingerprint density at radius 3 is 2.47 bits per heavy atom. The van der Waals surface area contributed by atoms with Crippen LogP contribution in [-0.4, -0.2) is 40.3 Å². The third-order valence-electron chi connectivity index (χ3n) is 1.63. The average Bonchev–Trinajstić information content (AvgIpc) is 2.08. The molecule has 0 aromatic carbocycles. The third kappa shape index (κ3) is 11.4. The summed E-state index contributed by atoms with van der Waals surface area (Å²) in [7, 11) is 0. The Morgan fingerprint density at radius 1 is 1.41 bits per heavy atom. The van der Waals surface area contributed by atoms with Crippen LogP contribution in [0.25, 0.3) is 0 Å². The molecule has 0 aliphatic carbocycles. The van der Waals surface area contributed by atoms with E-state index in [-0.39, 0.29) is 11.7 Å². The summed E-state index contributed by atoms with van der Waals surface area (Å²) in [5.41, 5.74) is -0.492. The number of thioether (sulfide) groups is 1. The number of nitrogens with one attached hydrogen (secondary N) is 1. The number of hydrogen-bond acceptors (Lipinski definition) is 4. The van der Waals surface area contributed by atoms with E-state index in [4.69, 9.17) is 9.84 Å². The summed E-state index contributed by atoms with van der Waals surface area (Å²) in [5, 5.41) is 11.2. The van der Waals surface area contributed by atoms with E-state index in [9.17, 15) is 9.59 Å². The highest BCUT2D eigenvalue weighted by Crippen LogP contribution is 2.13. The molecule has 0 heterocycles. The van der Waals surface area contributed by atoms with E-state index in [1.165, 1.54) is 11.8 Å². The molecule has 1 unspecified atom stereocenters. The van der Waals surface area contributed by atoms with Gasteiger partial charge in [-0.25, -0.2) is 4.79 Å². The van der Waals surface area contributed by atoms with Crippen molar-refractivity contribution < 1.29 is 19.4 Å². The molecular weight excluding hydrogens is 242 g/mol. The SMILES string of the molecule is CC(CC(=O)O)SCCNC(=O)OC(C)(C)C. The molecule has 0 bridgehead atoms. The number of rotatable bonds is 6. The molecule has 0 aliphatic rings. The Labute approximate surface area is 106 Å². The zero-order chi connectivity index (χ0) is 13.5. The number of carbonyl (C=O) groups excluding carboxylic acids is 1. The van der Waals surface area contributed by atoms with Crippen molar-refractivity contribution in [2.45, 2.75) is 45.0 Å². The maximum atomic E-state index is 11.2. The second-order valence-corrected chi connectivity index (χ2v) is 6.25. The quantitative estimate of drug-likeness (QED) is 0.718. The lowest BCUT2D eigenvalue weighted by atomic mass is 10.2. The van der Waals surface area contributed by atoms with E-state index in [1.807, 2.05) is 6.92 Å². The summed E-state index contributed by atoms with van der Waals surface area (Å²) in [5.74, 6) is -0.127. The first-order valence-corrected chi connectivity index (χ1v) is 6.56. The second kappa shape index (κ2) is 7.42. The van der Waals surface area contributed by atoms with Gasteiger partial charge in [-0.15, -0.1) is 0 Å². The minimum Gasteiger partial charge on any atom is -0.481 e. The molecule has 0 spiro atoms. The Hall–Kier alpha value is -0.910. The van der Waals surface area contributed by atoms with Crippen LogP contribution in [0.5, 0.6) is 0 Å². The van der Waals surface area contributed by atoms with Gasteiger partial charge < -0.3 is 15.2 Å². The fourth-order valence-corrected chi connectivity index (χ4v) is 1.91. The third-order valence-corrected chi connectivity index (χ3v) is 2.81. The lowest BCUT2D eigenvalue weighted by Crippen LogP contribution is -2.33. The Bertz CT molecular complexity index is 263. The Kier molecular flexibility index (Phi) is 7.03. The van der Waals surface area contributed by atoms with Crippen LogP contribution < -0.4 is 5.32 Å². The summed E-state index contributed by atoms with van der Waals surface area (Å²) in [4.78, 5) is 21.6. The summed E-state index contributed by atoms with van der Waals surface area (Å²) < 4.78 is 5.06. The maximum absolute atomic E-state index is 11.2. The maximum Gasteiger partial charge on any atom is 0.407 e. The van der Waals surface area contributed by atoms with Gasteiger partial charge in [0, 0.05) is 17.5 Å². The lowest BCUT2D eigenvalue weighted by molar-refractivity contribution is -0.136. The van der Waals surface area contributed by atoms with E-state index in [1.54, 1.807) is 20.8 Å². The number of aliphatic carboxylic acids is 1. The average molecular weight is 263 g/mol. The highest BCUT2D eigenvalue weighted by molar-refractivity contribution is 7.99. The molecule has 0 aromatic rings. The number of ether oxygens (including phenoxy) is 1. The van der Waals surface area contributed by atoms with Gasteiger partial charge >= 0.3 is 12.1 Å². The van der Waals surface area contributed by atoms with Gasteiger partial charge in [0.1, 0.15) is 5.60 Å². The molecule has 1 amide bonds. The van der Waals surface area contributed by atoms with Crippen molar-refractivity contribution in [1.82, 2.24) is 5.32 Å². The number of hydrogen-bond donors (Lipinski definition) is 2. The number of carboxylic acids is 1. The number of carboxylic acid groups (broad SMARTS) is 1. The minimum absolute atomic E-state index is 0.0490. The van der Waals surface area contributed by atoms with Crippen molar-refractivity contribution in [2.24, 2.45) is 0 Å². The van der Waals surface area contributed by atoms with Gasteiger partial charge in [0.25, 0.3) is 0 Å². The molecule has 0 rings (SSSR count). The molecule has 2 N–H and O–H groups in total. The molecule has 0 radical (unpaired) electrons. The first kappa shape index (κ1) is 16.1. The first-order chi connectivity index (χ1) is 7.70. The molecule has 17 heavy (non-hydrogen) atoms. The van der Waals surface area contributed by atoms with Crippen molar-refractivity contribution in [3.8, 4) is 0 Å². The zero-order valence-electron chi connectivity index (χ0n) is 10.8. The van der Waals surface area contributed by atoms with E-state index in [0.29, 0.717) is 12.3 Å². The van der Waals surface area contributed by atoms with Gasteiger partial charge in [-0.1, -0.05) is 6.92 Å². The molecule has 1 atom stereocenters. The molecule has 0 aliphatic heterocycles. The summed E-state index contributed by atoms with van der Waals surface area (Å²) >= 11 is 1.51. The van der Waals surface area contributed by atoms with Crippen LogP contribution in [0.3, 0.4) is 0 Å². The van der Waals surface area contributed by atoms with Crippen LogP contribution in [0.1, 0.15) is 34.1 Å². The Morgan fingerprint density at radius 2 is 2.00 bits per heavy atom. The van der Waals surface area contributed by atoms with Gasteiger partial charge in [0.2, 0.25) is 0 Å². The van der Waals surface area contributed by atoms with Crippen LogP contribution >= 0.6 is 11.8 Å². The molecule has 0 fully saturated rings. The van der Waals surface area contributed by atoms with Crippen LogP contribution in [0, 0.1) is 0 Å². The molecule has 0 saturated carbocycles. The summed E-state index contributed by atoms with van der Waals surface area (Å²) in [6.45, 7) is 7.73. The molecule has 0 saturated heterocycles. The number of alkyl carbamates (subject to hydrolysis) is 1. The van der Waals surface area contributed by atoms with Crippen LogP contribution in [-0.2, 0) is 9.53 Å². The normalized spacial score (nSPS) is 12.9. The van der Waals surface area contributed by atoms with Gasteiger partial charge in [0.15, 0.2) is 0 Å². The smallest absolute Gasteiger partial charge is 0.407 e. The fourth-order valence-electron chi connectivity index (χ4n) is 1.03. The van der Waals surface area contributed by atoms with Crippen LogP contribution in [0.2, 0.25) is 0 Å². The standard InChI is InChI=1S/C11H21NO4S/c1-8(7-9(13)14)17-6-5-12-10(15)16-11(2,3)4/h8H,5-7H2,1-4H3,(H,12,15)(H,13,14). The van der Waals surface area contributed by atoms with Crippen molar-refractivity contribution in [1.29, 1.82) is 0 Å². The molecule has 5 nitrogen and oxygen atoms in total. The number of carbonyl (C=O) groups is 2. The lowest BCUT2D eigenvalue weighted by Gasteiger charge is -2.19. The molecule has 6 heteroatoms. The second-order valence-electron chi connectivity index (χ2n) is 4.71. The number of amides is 1. The summed E-state index contributed by atoms with van der Waals surface area (Å²) in [6, 6.07) is 0. The predicted octanol–water partition coefficient (Wildman–Crippen LogP) is 2.11.